The number of halogens is 1. The fraction of sp³-hybridized carbons (Fsp3) is 0.286. The Labute approximate surface area is 188 Å². The Morgan fingerprint density at radius 2 is 2.17 bits per heavy atom. The van der Waals surface area contributed by atoms with Gasteiger partial charge in [-0.25, -0.2) is 0 Å². The van der Waals surface area contributed by atoms with Gasteiger partial charge in [-0.1, -0.05) is 47.7 Å². The number of thiocarbonyl (C=S) groups is 1. The van der Waals surface area contributed by atoms with E-state index in [0.717, 1.165) is 36.8 Å². The predicted molar refractivity (Wildman–Crippen MR) is 121 cm³/mol. The molecule has 2 saturated heterocycles. The zero-order chi connectivity index (χ0) is 21.1. The van der Waals surface area contributed by atoms with E-state index in [1.54, 1.807) is 24.3 Å². The molecule has 2 amide bonds. The predicted octanol–water partition coefficient (Wildman–Crippen LogP) is 4.10. The van der Waals surface area contributed by atoms with Gasteiger partial charge in [0.15, 0.2) is 0 Å². The van der Waals surface area contributed by atoms with Crippen molar-refractivity contribution in [1.29, 1.82) is 0 Å². The van der Waals surface area contributed by atoms with Gasteiger partial charge in [0.25, 0.3) is 5.91 Å². The highest BCUT2D eigenvalue weighted by Crippen LogP contribution is 2.34. The quantitative estimate of drug-likeness (QED) is 0.515. The summed E-state index contributed by atoms with van der Waals surface area (Å²) in [6.45, 7) is 1.06. The first-order chi connectivity index (χ1) is 14.5. The lowest BCUT2D eigenvalue weighted by Gasteiger charge is -2.15. The van der Waals surface area contributed by atoms with Crippen molar-refractivity contribution in [3.8, 4) is 11.3 Å². The molecule has 4 rings (SSSR count). The molecule has 0 radical (unpaired) electrons. The van der Waals surface area contributed by atoms with Gasteiger partial charge >= 0.3 is 0 Å². The van der Waals surface area contributed by atoms with Crippen LogP contribution in [-0.2, 0) is 14.3 Å². The summed E-state index contributed by atoms with van der Waals surface area (Å²) in [4.78, 5) is 26.7. The number of benzene rings is 1. The second kappa shape index (κ2) is 9.34. The standard InChI is InChI=1S/C21H19ClN2O4S2/c22-16-6-2-1-5-15(16)17-8-7-13(28-17)10-18-20(26)24(21(29)30-18)12-19(25)23-11-14-4-3-9-27-14/h1-2,5-8,10,14H,3-4,9,11-12H2,(H,23,25)/b18-10-. The Morgan fingerprint density at radius 3 is 2.93 bits per heavy atom. The lowest BCUT2D eigenvalue weighted by Crippen LogP contribution is -2.41. The Hall–Kier alpha value is -2.13. The van der Waals surface area contributed by atoms with Crippen LogP contribution >= 0.6 is 35.6 Å². The summed E-state index contributed by atoms with van der Waals surface area (Å²) in [5.41, 5.74) is 0.772. The zero-order valence-electron chi connectivity index (χ0n) is 15.9. The minimum absolute atomic E-state index is 0.0475. The third kappa shape index (κ3) is 4.78. The first-order valence-electron chi connectivity index (χ1n) is 9.49. The summed E-state index contributed by atoms with van der Waals surface area (Å²) in [6, 6.07) is 10.9. The van der Waals surface area contributed by atoms with E-state index in [2.05, 4.69) is 5.32 Å². The Bertz CT molecular complexity index is 1010. The molecule has 0 spiro atoms. The minimum Gasteiger partial charge on any atom is -0.457 e. The number of amides is 2. The van der Waals surface area contributed by atoms with E-state index in [4.69, 9.17) is 33.0 Å². The lowest BCUT2D eigenvalue weighted by molar-refractivity contribution is -0.129. The van der Waals surface area contributed by atoms with Crippen LogP contribution in [0.25, 0.3) is 17.4 Å². The SMILES string of the molecule is O=C(CN1C(=O)/C(=C/c2ccc(-c3ccccc3Cl)o2)SC1=S)NCC1CCCO1. The Balaban J connectivity index is 1.40. The number of carbonyl (C=O) groups excluding carboxylic acids is 2. The van der Waals surface area contributed by atoms with Crippen molar-refractivity contribution in [3.63, 3.8) is 0 Å². The van der Waals surface area contributed by atoms with Crippen molar-refractivity contribution in [1.82, 2.24) is 10.2 Å². The maximum absolute atomic E-state index is 12.7. The van der Waals surface area contributed by atoms with E-state index in [-0.39, 0.29) is 24.5 Å². The Morgan fingerprint density at radius 1 is 1.33 bits per heavy atom. The van der Waals surface area contributed by atoms with E-state index in [9.17, 15) is 9.59 Å². The second-order valence-corrected chi connectivity index (χ2v) is 8.97. The fourth-order valence-corrected chi connectivity index (χ4v) is 4.70. The molecule has 6 nitrogen and oxygen atoms in total. The van der Waals surface area contributed by atoms with Crippen molar-refractivity contribution in [2.75, 3.05) is 19.7 Å². The van der Waals surface area contributed by atoms with Crippen LogP contribution < -0.4 is 5.32 Å². The molecule has 1 N–H and O–H groups in total. The van der Waals surface area contributed by atoms with Gasteiger partial charge in [0.1, 0.15) is 22.4 Å². The molecule has 2 aliphatic rings. The average molecular weight is 463 g/mol. The van der Waals surface area contributed by atoms with E-state index < -0.39 is 0 Å². The number of nitrogens with one attached hydrogen (secondary N) is 1. The molecule has 2 aromatic rings. The van der Waals surface area contributed by atoms with E-state index in [1.165, 1.54) is 4.90 Å². The number of ether oxygens (including phenoxy) is 1. The number of hydrogen-bond donors (Lipinski definition) is 1. The van der Waals surface area contributed by atoms with Crippen LogP contribution in [0, 0.1) is 0 Å². The van der Waals surface area contributed by atoms with Crippen molar-refractivity contribution in [3.05, 3.63) is 52.1 Å². The van der Waals surface area contributed by atoms with Crippen LogP contribution in [0.5, 0.6) is 0 Å². The fourth-order valence-electron chi connectivity index (χ4n) is 3.23. The van der Waals surface area contributed by atoms with Crippen molar-refractivity contribution in [2.45, 2.75) is 18.9 Å². The summed E-state index contributed by atoms with van der Waals surface area (Å²) in [6.07, 6.45) is 3.62. The number of carbonyl (C=O) groups is 2. The highest BCUT2D eigenvalue weighted by atomic mass is 35.5. The molecule has 156 valence electrons. The monoisotopic (exact) mass is 462 g/mol. The molecular weight excluding hydrogens is 444 g/mol. The Kier molecular flexibility index (Phi) is 6.58. The molecule has 2 aliphatic heterocycles. The van der Waals surface area contributed by atoms with Gasteiger partial charge in [0, 0.05) is 24.8 Å². The summed E-state index contributed by atoms with van der Waals surface area (Å²) in [5.74, 6) is 0.541. The lowest BCUT2D eigenvalue weighted by atomic mass is 10.2. The first-order valence-corrected chi connectivity index (χ1v) is 11.1. The third-order valence-corrected chi connectivity index (χ3v) is 6.47. The zero-order valence-corrected chi connectivity index (χ0v) is 18.3. The highest BCUT2D eigenvalue weighted by molar-refractivity contribution is 8.26. The smallest absolute Gasteiger partial charge is 0.266 e. The molecule has 9 heteroatoms. The highest BCUT2D eigenvalue weighted by Gasteiger charge is 2.33. The number of thioether (sulfide) groups is 1. The maximum atomic E-state index is 12.7. The summed E-state index contributed by atoms with van der Waals surface area (Å²) in [7, 11) is 0. The topological polar surface area (TPSA) is 71.8 Å². The van der Waals surface area contributed by atoms with Gasteiger partial charge in [-0.05, 0) is 37.1 Å². The van der Waals surface area contributed by atoms with E-state index >= 15 is 0 Å². The number of rotatable bonds is 6. The normalized spacial score (nSPS) is 20.4. The molecule has 1 aromatic heterocycles. The van der Waals surface area contributed by atoms with Crippen molar-refractivity contribution >= 4 is 57.8 Å². The van der Waals surface area contributed by atoms with Crippen LogP contribution in [0.3, 0.4) is 0 Å². The van der Waals surface area contributed by atoms with Crippen LogP contribution in [0.1, 0.15) is 18.6 Å². The summed E-state index contributed by atoms with van der Waals surface area (Å²) < 4.78 is 11.7. The molecule has 0 bridgehead atoms. The van der Waals surface area contributed by atoms with Crippen LogP contribution in [0.15, 0.2) is 45.7 Å². The van der Waals surface area contributed by atoms with Gasteiger partial charge in [-0.2, -0.15) is 0 Å². The van der Waals surface area contributed by atoms with Gasteiger partial charge < -0.3 is 14.5 Å². The maximum Gasteiger partial charge on any atom is 0.266 e. The largest absolute Gasteiger partial charge is 0.457 e. The molecular formula is C21H19ClN2O4S2. The molecule has 3 heterocycles. The van der Waals surface area contributed by atoms with Crippen LogP contribution in [-0.4, -0.2) is 46.8 Å². The molecule has 1 unspecified atom stereocenters. The van der Waals surface area contributed by atoms with Gasteiger partial charge in [0.2, 0.25) is 5.91 Å². The van der Waals surface area contributed by atoms with Crippen molar-refractivity contribution in [2.24, 2.45) is 0 Å². The summed E-state index contributed by atoms with van der Waals surface area (Å²) >= 11 is 12.7. The molecule has 1 atom stereocenters. The number of hydrogen-bond acceptors (Lipinski definition) is 6. The first kappa shape index (κ1) is 21.1. The van der Waals surface area contributed by atoms with Gasteiger partial charge in [-0.15, -0.1) is 0 Å². The van der Waals surface area contributed by atoms with Gasteiger partial charge in [-0.3, -0.25) is 14.5 Å². The van der Waals surface area contributed by atoms with Gasteiger partial charge in [0.05, 0.1) is 16.0 Å². The van der Waals surface area contributed by atoms with E-state index in [1.807, 2.05) is 18.2 Å². The second-order valence-electron chi connectivity index (χ2n) is 6.89. The number of furan rings is 1. The van der Waals surface area contributed by atoms with Crippen LogP contribution in [0.4, 0.5) is 0 Å². The summed E-state index contributed by atoms with van der Waals surface area (Å²) in [5, 5.41) is 3.39. The minimum atomic E-state index is -0.312. The molecule has 0 saturated carbocycles. The third-order valence-electron chi connectivity index (χ3n) is 4.77. The molecule has 0 aliphatic carbocycles. The molecule has 1 aromatic carbocycles. The molecule has 30 heavy (non-hydrogen) atoms. The number of nitrogens with zero attached hydrogens (tertiary/aromatic N) is 1. The average Bonchev–Trinajstić information content (AvgIpc) is 3.46. The van der Waals surface area contributed by atoms with Crippen molar-refractivity contribution < 1.29 is 18.7 Å². The van der Waals surface area contributed by atoms with E-state index in [0.29, 0.717) is 32.3 Å². The molecule has 2 fully saturated rings. The van der Waals surface area contributed by atoms with Crippen LogP contribution in [0.2, 0.25) is 5.02 Å².